The zero-order valence-electron chi connectivity index (χ0n) is 14.9. The second-order valence-corrected chi connectivity index (χ2v) is 9.08. The van der Waals surface area contributed by atoms with E-state index < -0.39 is 28.1 Å². The lowest BCUT2D eigenvalue weighted by Crippen LogP contribution is -2.42. The zero-order valence-corrected chi connectivity index (χ0v) is 15.7. The molecular formula is C18H23NO6S. The molecule has 0 aliphatic carbocycles. The molecule has 2 saturated heterocycles. The van der Waals surface area contributed by atoms with E-state index in [2.05, 4.69) is 0 Å². The SMILES string of the molecule is CC1CC(C)CN(S(=O)(=O)c2ccc(C(=O)OC3CCOC3=O)cc2)C1. The fourth-order valence-corrected chi connectivity index (χ4v) is 5.18. The van der Waals surface area contributed by atoms with Gasteiger partial charge in [0.1, 0.15) is 0 Å². The maximum atomic E-state index is 12.8. The Morgan fingerprint density at radius 1 is 1.15 bits per heavy atom. The third kappa shape index (κ3) is 3.91. The summed E-state index contributed by atoms with van der Waals surface area (Å²) in [6, 6.07) is 5.63. The van der Waals surface area contributed by atoms with E-state index in [1.54, 1.807) is 0 Å². The molecule has 3 unspecified atom stereocenters. The van der Waals surface area contributed by atoms with Crippen LogP contribution in [0.15, 0.2) is 29.2 Å². The topological polar surface area (TPSA) is 90.0 Å². The van der Waals surface area contributed by atoms with Gasteiger partial charge in [0.2, 0.25) is 16.1 Å². The lowest BCUT2D eigenvalue weighted by Gasteiger charge is -2.34. The number of ether oxygens (including phenoxy) is 2. The fraction of sp³-hybridized carbons (Fsp3) is 0.556. The Balaban J connectivity index is 1.72. The maximum Gasteiger partial charge on any atom is 0.347 e. The summed E-state index contributed by atoms with van der Waals surface area (Å²) >= 11 is 0. The van der Waals surface area contributed by atoms with Gasteiger partial charge < -0.3 is 9.47 Å². The van der Waals surface area contributed by atoms with Crippen LogP contribution < -0.4 is 0 Å². The van der Waals surface area contributed by atoms with Gasteiger partial charge in [-0.1, -0.05) is 13.8 Å². The van der Waals surface area contributed by atoms with Gasteiger partial charge in [-0.3, -0.25) is 0 Å². The zero-order chi connectivity index (χ0) is 18.9. The summed E-state index contributed by atoms with van der Waals surface area (Å²) < 4.78 is 37.0. The highest BCUT2D eigenvalue weighted by atomic mass is 32.2. The van der Waals surface area contributed by atoms with Crippen molar-refractivity contribution in [1.82, 2.24) is 4.31 Å². The van der Waals surface area contributed by atoms with Gasteiger partial charge in [-0.15, -0.1) is 0 Å². The molecule has 3 atom stereocenters. The number of sulfonamides is 1. The Labute approximate surface area is 153 Å². The average molecular weight is 381 g/mol. The number of piperidine rings is 1. The molecule has 2 heterocycles. The summed E-state index contributed by atoms with van der Waals surface area (Å²) in [5.41, 5.74) is 0.198. The molecule has 7 nitrogen and oxygen atoms in total. The van der Waals surface area contributed by atoms with Crippen molar-refractivity contribution in [3.05, 3.63) is 29.8 Å². The van der Waals surface area contributed by atoms with Gasteiger partial charge in [0, 0.05) is 19.5 Å². The van der Waals surface area contributed by atoms with Crippen LogP contribution in [0.2, 0.25) is 0 Å². The second-order valence-electron chi connectivity index (χ2n) is 7.14. The predicted molar refractivity (Wildman–Crippen MR) is 92.9 cm³/mol. The number of hydrogen-bond acceptors (Lipinski definition) is 6. The van der Waals surface area contributed by atoms with Crippen LogP contribution in [-0.2, 0) is 24.3 Å². The molecule has 142 valence electrons. The molecule has 2 fully saturated rings. The van der Waals surface area contributed by atoms with Crippen molar-refractivity contribution in [3.63, 3.8) is 0 Å². The van der Waals surface area contributed by atoms with Gasteiger partial charge in [-0.2, -0.15) is 4.31 Å². The minimum Gasteiger partial charge on any atom is -0.463 e. The molecule has 0 spiro atoms. The molecule has 2 aliphatic rings. The first-order valence-electron chi connectivity index (χ1n) is 8.75. The first-order chi connectivity index (χ1) is 12.3. The lowest BCUT2D eigenvalue weighted by atomic mass is 9.94. The molecule has 0 amide bonds. The Hall–Kier alpha value is -1.93. The van der Waals surface area contributed by atoms with E-state index in [0.29, 0.717) is 31.3 Å². The smallest absolute Gasteiger partial charge is 0.347 e. The lowest BCUT2D eigenvalue weighted by molar-refractivity contribution is -0.145. The third-order valence-corrected chi connectivity index (χ3v) is 6.55. The third-order valence-electron chi connectivity index (χ3n) is 4.70. The fourth-order valence-electron chi connectivity index (χ4n) is 3.50. The van der Waals surface area contributed by atoms with Gasteiger partial charge in [0.05, 0.1) is 17.1 Å². The Morgan fingerprint density at radius 3 is 2.31 bits per heavy atom. The molecule has 0 bridgehead atoms. The molecule has 0 N–H and O–H groups in total. The summed E-state index contributed by atoms with van der Waals surface area (Å²) in [6.07, 6.45) is 0.463. The predicted octanol–water partition coefficient (Wildman–Crippen LogP) is 1.83. The molecule has 0 radical (unpaired) electrons. The molecule has 1 aromatic rings. The van der Waals surface area contributed by atoms with E-state index >= 15 is 0 Å². The Bertz CT molecular complexity index is 778. The highest BCUT2D eigenvalue weighted by molar-refractivity contribution is 7.89. The van der Waals surface area contributed by atoms with Crippen molar-refractivity contribution >= 4 is 22.0 Å². The van der Waals surface area contributed by atoms with Gasteiger partial charge >= 0.3 is 11.9 Å². The van der Waals surface area contributed by atoms with E-state index in [4.69, 9.17) is 9.47 Å². The molecule has 3 rings (SSSR count). The minimum absolute atomic E-state index is 0.149. The van der Waals surface area contributed by atoms with Crippen LogP contribution in [0.3, 0.4) is 0 Å². The van der Waals surface area contributed by atoms with Crippen molar-refractivity contribution in [1.29, 1.82) is 0 Å². The Kier molecular flexibility index (Phi) is 5.34. The minimum atomic E-state index is -3.59. The number of esters is 2. The van der Waals surface area contributed by atoms with Gasteiger partial charge in [-0.05, 0) is 42.5 Å². The average Bonchev–Trinajstić information content (AvgIpc) is 2.99. The maximum absolute atomic E-state index is 12.8. The van der Waals surface area contributed by atoms with Crippen LogP contribution in [-0.4, -0.2) is 50.5 Å². The van der Waals surface area contributed by atoms with Crippen LogP contribution in [0.1, 0.15) is 37.0 Å². The van der Waals surface area contributed by atoms with Gasteiger partial charge in [0.25, 0.3) is 0 Å². The van der Waals surface area contributed by atoms with Crippen molar-refractivity contribution in [2.24, 2.45) is 11.8 Å². The van der Waals surface area contributed by atoms with E-state index in [-0.39, 0.29) is 17.1 Å². The molecule has 8 heteroatoms. The molecule has 1 aromatic carbocycles. The summed E-state index contributed by atoms with van der Waals surface area (Å²) in [5.74, 6) is -0.591. The van der Waals surface area contributed by atoms with Crippen molar-refractivity contribution in [2.45, 2.75) is 37.7 Å². The normalized spacial score (nSPS) is 27.2. The number of carbonyl (C=O) groups is 2. The number of rotatable bonds is 4. The number of benzene rings is 1. The molecule has 26 heavy (non-hydrogen) atoms. The highest BCUT2D eigenvalue weighted by Crippen LogP contribution is 2.27. The Morgan fingerprint density at radius 2 is 1.77 bits per heavy atom. The second kappa shape index (κ2) is 7.36. The number of nitrogens with zero attached hydrogens (tertiary/aromatic N) is 1. The van der Waals surface area contributed by atoms with E-state index in [0.717, 1.165) is 6.42 Å². The van der Waals surface area contributed by atoms with Crippen LogP contribution in [0.25, 0.3) is 0 Å². The molecule has 0 saturated carbocycles. The van der Waals surface area contributed by atoms with E-state index in [1.165, 1.54) is 28.6 Å². The monoisotopic (exact) mass is 381 g/mol. The van der Waals surface area contributed by atoms with Crippen LogP contribution in [0, 0.1) is 11.8 Å². The summed E-state index contributed by atoms with van der Waals surface area (Å²) in [6.45, 7) is 5.33. The van der Waals surface area contributed by atoms with Gasteiger partial charge in [-0.25, -0.2) is 18.0 Å². The van der Waals surface area contributed by atoms with Gasteiger partial charge in [0.15, 0.2) is 0 Å². The number of cyclic esters (lactones) is 1. The largest absolute Gasteiger partial charge is 0.463 e. The number of carbonyl (C=O) groups excluding carboxylic acids is 2. The molecular weight excluding hydrogens is 358 g/mol. The van der Waals surface area contributed by atoms with E-state index in [1.807, 2.05) is 13.8 Å². The van der Waals surface area contributed by atoms with Crippen molar-refractivity contribution in [3.8, 4) is 0 Å². The van der Waals surface area contributed by atoms with Crippen LogP contribution >= 0.6 is 0 Å². The van der Waals surface area contributed by atoms with Crippen molar-refractivity contribution in [2.75, 3.05) is 19.7 Å². The highest BCUT2D eigenvalue weighted by Gasteiger charge is 2.33. The van der Waals surface area contributed by atoms with Crippen LogP contribution in [0.4, 0.5) is 0 Å². The molecule has 2 aliphatic heterocycles. The summed E-state index contributed by atoms with van der Waals surface area (Å²) in [5, 5.41) is 0. The first-order valence-corrected chi connectivity index (χ1v) is 10.2. The number of hydrogen-bond donors (Lipinski definition) is 0. The van der Waals surface area contributed by atoms with Crippen LogP contribution in [0.5, 0.6) is 0 Å². The molecule has 0 aromatic heterocycles. The van der Waals surface area contributed by atoms with Crippen molar-refractivity contribution < 1.29 is 27.5 Å². The first kappa shape index (κ1) is 18.8. The summed E-state index contributed by atoms with van der Waals surface area (Å²) in [4.78, 5) is 23.6. The standard InChI is InChI=1S/C18H23NO6S/c1-12-9-13(2)11-19(10-12)26(22,23)15-5-3-14(4-6-15)17(20)25-16-7-8-24-18(16)21/h3-6,12-13,16H,7-11H2,1-2H3. The van der Waals surface area contributed by atoms with E-state index in [9.17, 15) is 18.0 Å². The quantitative estimate of drug-likeness (QED) is 0.739. The summed E-state index contributed by atoms with van der Waals surface area (Å²) in [7, 11) is -3.59.